The van der Waals surface area contributed by atoms with Crippen LogP contribution in [0.3, 0.4) is 0 Å². The van der Waals surface area contributed by atoms with Gasteiger partial charge in [-0.3, -0.25) is 9.78 Å². The molecule has 29 heavy (non-hydrogen) atoms. The molecule has 0 bridgehead atoms. The second-order valence-corrected chi connectivity index (χ2v) is 7.26. The quantitative estimate of drug-likeness (QED) is 0.730. The Hall–Kier alpha value is -3.42. The molecule has 4 heterocycles. The smallest absolute Gasteiger partial charge is 0.231 e. The Morgan fingerprint density at radius 1 is 1.07 bits per heavy atom. The van der Waals surface area contributed by atoms with Gasteiger partial charge in [-0.1, -0.05) is 6.07 Å². The molecule has 3 aromatic rings. The SMILES string of the molecule is O=C(NCc1ccc2c(c1)OCO2)C1CCN(c2cnc3nccnc3c2)CC1. The summed E-state index contributed by atoms with van der Waals surface area (Å²) in [5, 5.41) is 3.05. The van der Waals surface area contributed by atoms with Gasteiger partial charge in [-0.25, -0.2) is 9.97 Å². The molecule has 8 heteroatoms. The van der Waals surface area contributed by atoms with Crippen molar-refractivity contribution in [2.75, 3.05) is 24.8 Å². The van der Waals surface area contributed by atoms with Crippen molar-refractivity contribution in [2.45, 2.75) is 19.4 Å². The van der Waals surface area contributed by atoms with Crippen molar-refractivity contribution in [3.05, 3.63) is 48.4 Å². The van der Waals surface area contributed by atoms with Crippen LogP contribution in [-0.4, -0.2) is 40.7 Å². The number of nitrogens with zero attached hydrogens (tertiary/aromatic N) is 4. The monoisotopic (exact) mass is 391 g/mol. The lowest BCUT2D eigenvalue weighted by atomic mass is 9.95. The Labute approximate surface area is 167 Å². The lowest BCUT2D eigenvalue weighted by Gasteiger charge is -2.32. The maximum atomic E-state index is 12.6. The third kappa shape index (κ3) is 3.65. The molecule has 0 unspecified atom stereocenters. The number of rotatable bonds is 4. The van der Waals surface area contributed by atoms with E-state index in [-0.39, 0.29) is 18.6 Å². The van der Waals surface area contributed by atoms with Crippen molar-refractivity contribution in [3.8, 4) is 11.5 Å². The van der Waals surface area contributed by atoms with Crippen LogP contribution in [0.5, 0.6) is 11.5 Å². The van der Waals surface area contributed by atoms with Crippen LogP contribution >= 0.6 is 0 Å². The van der Waals surface area contributed by atoms with E-state index >= 15 is 0 Å². The van der Waals surface area contributed by atoms with Crippen LogP contribution in [-0.2, 0) is 11.3 Å². The molecule has 2 aliphatic heterocycles. The van der Waals surface area contributed by atoms with Crippen LogP contribution in [0, 0.1) is 5.92 Å². The number of fused-ring (bicyclic) bond motifs is 2. The predicted molar refractivity (Wildman–Crippen MR) is 107 cm³/mol. The van der Waals surface area contributed by atoms with Gasteiger partial charge in [0, 0.05) is 37.9 Å². The normalized spacial score (nSPS) is 16.2. The summed E-state index contributed by atoms with van der Waals surface area (Å²) in [5.41, 5.74) is 3.46. The Morgan fingerprint density at radius 2 is 1.90 bits per heavy atom. The number of aromatic nitrogens is 3. The number of hydrogen-bond donors (Lipinski definition) is 1. The number of carbonyl (C=O) groups is 1. The number of hydrogen-bond acceptors (Lipinski definition) is 7. The van der Waals surface area contributed by atoms with Gasteiger partial charge in [0.1, 0.15) is 5.52 Å². The van der Waals surface area contributed by atoms with Gasteiger partial charge in [0.05, 0.1) is 11.9 Å². The maximum Gasteiger partial charge on any atom is 0.231 e. The summed E-state index contributed by atoms with van der Waals surface area (Å²) in [5.74, 6) is 1.61. The Kier molecular flexibility index (Phi) is 4.59. The van der Waals surface area contributed by atoms with Gasteiger partial charge in [-0.2, -0.15) is 0 Å². The Morgan fingerprint density at radius 3 is 2.79 bits per heavy atom. The van der Waals surface area contributed by atoms with E-state index in [0.29, 0.717) is 12.2 Å². The summed E-state index contributed by atoms with van der Waals surface area (Å²) in [6, 6.07) is 7.76. The lowest BCUT2D eigenvalue weighted by Crippen LogP contribution is -2.40. The van der Waals surface area contributed by atoms with Gasteiger partial charge in [0.25, 0.3) is 0 Å². The molecular weight excluding hydrogens is 370 g/mol. The van der Waals surface area contributed by atoms with Gasteiger partial charge in [-0.15, -0.1) is 0 Å². The molecule has 1 amide bonds. The molecule has 0 spiro atoms. The second kappa shape index (κ2) is 7.54. The zero-order valence-electron chi connectivity index (χ0n) is 15.9. The molecule has 2 aromatic heterocycles. The van der Waals surface area contributed by atoms with Crippen LogP contribution < -0.4 is 19.7 Å². The lowest BCUT2D eigenvalue weighted by molar-refractivity contribution is -0.125. The Balaban J connectivity index is 1.16. The number of anilines is 1. The fraction of sp³-hybridized carbons (Fsp3) is 0.333. The first kappa shape index (κ1) is 17.7. The number of piperidine rings is 1. The van der Waals surface area contributed by atoms with E-state index in [4.69, 9.17) is 9.47 Å². The summed E-state index contributed by atoms with van der Waals surface area (Å²) in [6.07, 6.45) is 6.77. The topological polar surface area (TPSA) is 89.5 Å². The number of nitrogens with one attached hydrogen (secondary N) is 1. The van der Waals surface area contributed by atoms with Crippen LogP contribution in [0.25, 0.3) is 11.2 Å². The highest BCUT2D eigenvalue weighted by Crippen LogP contribution is 2.32. The molecule has 1 saturated heterocycles. The molecular formula is C21H21N5O3. The van der Waals surface area contributed by atoms with Crippen LogP contribution in [0.1, 0.15) is 18.4 Å². The molecule has 0 radical (unpaired) electrons. The molecule has 0 saturated carbocycles. The van der Waals surface area contributed by atoms with E-state index in [1.54, 1.807) is 12.4 Å². The number of carbonyl (C=O) groups excluding carboxylic acids is 1. The van der Waals surface area contributed by atoms with E-state index < -0.39 is 0 Å². The number of amides is 1. The van der Waals surface area contributed by atoms with Crippen LogP contribution in [0.4, 0.5) is 5.69 Å². The van der Waals surface area contributed by atoms with Crippen molar-refractivity contribution >= 4 is 22.8 Å². The highest BCUT2D eigenvalue weighted by molar-refractivity contribution is 5.79. The molecule has 5 rings (SSSR count). The molecule has 0 atom stereocenters. The van der Waals surface area contributed by atoms with E-state index in [1.165, 1.54) is 0 Å². The minimum absolute atomic E-state index is 0.0217. The summed E-state index contributed by atoms with van der Waals surface area (Å²) >= 11 is 0. The fourth-order valence-corrected chi connectivity index (χ4v) is 3.80. The first-order valence-corrected chi connectivity index (χ1v) is 9.74. The van der Waals surface area contributed by atoms with Gasteiger partial charge in [0.15, 0.2) is 17.1 Å². The fourth-order valence-electron chi connectivity index (χ4n) is 3.80. The zero-order chi connectivity index (χ0) is 19.6. The van der Waals surface area contributed by atoms with Crippen molar-refractivity contribution in [3.63, 3.8) is 0 Å². The highest BCUT2D eigenvalue weighted by atomic mass is 16.7. The molecule has 1 fully saturated rings. The van der Waals surface area contributed by atoms with E-state index in [0.717, 1.165) is 54.2 Å². The van der Waals surface area contributed by atoms with Crippen molar-refractivity contribution in [1.29, 1.82) is 0 Å². The van der Waals surface area contributed by atoms with Gasteiger partial charge < -0.3 is 19.7 Å². The number of pyridine rings is 1. The summed E-state index contributed by atoms with van der Waals surface area (Å²) < 4.78 is 10.7. The van der Waals surface area contributed by atoms with E-state index in [9.17, 15) is 4.79 Å². The second-order valence-electron chi connectivity index (χ2n) is 7.26. The summed E-state index contributed by atoms with van der Waals surface area (Å²) in [4.78, 5) is 27.8. The third-order valence-corrected chi connectivity index (χ3v) is 5.44. The molecule has 2 aliphatic rings. The molecule has 8 nitrogen and oxygen atoms in total. The summed E-state index contributed by atoms with van der Waals surface area (Å²) in [6.45, 7) is 2.37. The van der Waals surface area contributed by atoms with Gasteiger partial charge in [0.2, 0.25) is 12.7 Å². The van der Waals surface area contributed by atoms with Crippen molar-refractivity contribution in [1.82, 2.24) is 20.3 Å². The van der Waals surface area contributed by atoms with E-state index in [2.05, 4.69) is 25.2 Å². The van der Waals surface area contributed by atoms with Crippen molar-refractivity contribution < 1.29 is 14.3 Å². The first-order chi connectivity index (χ1) is 14.3. The summed E-state index contributed by atoms with van der Waals surface area (Å²) in [7, 11) is 0. The molecule has 1 aromatic carbocycles. The number of ether oxygens (including phenoxy) is 2. The predicted octanol–water partition coefficient (Wildman–Crippen LogP) is 2.29. The maximum absolute atomic E-state index is 12.6. The molecule has 0 aliphatic carbocycles. The standard InChI is InChI=1S/C21H21N5O3/c27-21(25-11-14-1-2-18-19(9-14)29-13-28-18)15-3-7-26(8-4-15)16-10-17-20(24-12-16)23-6-5-22-17/h1-2,5-6,9-10,12,15H,3-4,7-8,11,13H2,(H,25,27). The van der Waals surface area contributed by atoms with E-state index in [1.807, 2.05) is 30.5 Å². The first-order valence-electron chi connectivity index (χ1n) is 9.74. The van der Waals surface area contributed by atoms with Gasteiger partial charge >= 0.3 is 0 Å². The van der Waals surface area contributed by atoms with Gasteiger partial charge in [-0.05, 0) is 36.6 Å². The molecule has 1 N–H and O–H groups in total. The highest BCUT2D eigenvalue weighted by Gasteiger charge is 2.25. The van der Waals surface area contributed by atoms with Crippen LogP contribution in [0.15, 0.2) is 42.9 Å². The number of benzene rings is 1. The minimum Gasteiger partial charge on any atom is -0.454 e. The average Bonchev–Trinajstić information content (AvgIpc) is 3.25. The largest absolute Gasteiger partial charge is 0.454 e. The third-order valence-electron chi connectivity index (χ3n) is 5.44. The zero-order valence-corrected chi connectivity index (χ0v) is 15.9. The molecule has 148 valence electrons. The Bertz CT molecular complexity index is 1050. The van der Waals surface area contributed by atoms with Crippen molar-refractivity contribution in [2.24, 2.45) is 5.92 Å². The minimum atomic E-state index is 0.0217. The van der Waals surface area contributed by atoms with Crippen LogP contribution in [0.2, 0.25) is 0 Å². The average molecular weight is 391 g/mol.